The highest BCUT2D eigenvalue weighted by atomic mass is 16.2. The van der Waals surface area contributed by atoms with Crippen LogP contribution in [-0.2, 0) is 4.79 Å². The van der Waals surface area contributed by atoms with Gasteiger partial charge in [-0.25, -0.2) is 4.98 Å². The molecule has 0 radical (unpaired) electrons. The van der Waals surface area contributed by atoms with Gasteiger partial charge in [0.2, 0.25) is 11.9 Å². The number of anilines is 1. The van der Waals surface area contributed by atoms with Crippen LogP contribution < -0.4 is 5.43 Å². The lowest BCUT2D eigenvalue weighted by molar-refractivity contribution is -0.128. The van der Waals surface area contributed by atoms with Gasteiger partial charge in [0.25, 0.3) is 0 Å². The lowest BCUT2D eigenvalue weighted by atomic mass is 10.1. The van der Waals surface area contributed by atoms with Crippen LogP contribution in [0.3, 0.4) is 0 Å². The molecule has 0 aliphatic carbocycles. The third-order valence-electron chi connectivity index (χ3n) is 2.27. The molecule has 2 N–H and O–H groups in total. The van der Waals surface area contributed by atoms with Crippen molar-refractivity contribution in [3.05, 3.63) is 25.0 Å². The molecule has 5 nitrogen and oxygen atoms in total. The third-order valence-corrected chi connectivity index (χ3v) is 2.27. The molecule has 1 aromatic heterocycles. The van der Waals surface area contributed by atoms with Gasteiger partial charge in [0, 0.05) is 18.9 Å². The zero-order valence-electron chi connectivity index (χ0n) is 7.73. The van der Waals surface area contributed by atoms with Crippen molar-refractivity contribution >= 4 is 11.9 Å². The van der Waals surface area contributed by atoms with Gasteiger partial charge in [-0.1, -0.05) is 6.08 Å². The van der Waals surface area contributed by atoms with Gasteiger partial charge in [0.1, 0.15) is 0 Å². The zero-order valence-corrected chi connectivity index (χ0v) is 7.73. The molecule has 2 heterocycles. The van der Waals surface area contributed by atoms with Gasteiger partial charge in [-0.15, -0.1) is 6.58 Å². The van der Waals surface area contributed by atoms with Crippen molar-refractivity contribution in [2.75, 3.05) is 12.0 Å². The number of hydrazine groups is 1. The number of carbonyl (C=O) groups excluding carboxylic acids is 1. The average Bonchev–Trinajstić information content (AvgIpc) is 2.79. The monoisotopic (exact) mass is 192 g/mol. The Labute approximate surface area is 81.8 Å². The van der Waals surface area contributed by atoms with Crippen LogP contribution in [0.2, 0.25) is 0 Å². The number of amides is 1. The Morgan fingerprint density at radius 3 is 3.21 bits per heavy atom. The number of H-pyrrole nitrogens is 1. The van der Waals surface area contributed by atoms with Crippen molar-refractivity contribution < 1.29 is 4.79 Å². The number of nitrogens with zero attached hydrogens (tertiary/aromatic N) is 2. The molecule has 74 valence electrons. The fourth-order valence-electron chi connectivity index (χ4n) is 1.49. The van der Waals surface area contributed by atoms with Crippen LogP contribution >= 0.6 is 0 Å². The van der Waals surface area contributed by atoms with Crippen LogP contribution in [0, 0.1) is 5.92 Å². The molecule has 1 amide bonds. The van der Waals surface area contributed by atoms with Gasteiger partial charge in [0.15, 0.2) is 0 Å². The fourth-order valence-corrected chi connectivity index (χ4v) is 1.49. The molecular formula is C9H12N4O. The average molecular weight is 192 g/mol. The standard InChI is InChI=1S/C9H12N4O/c1-2-7-3-6-13(8(7)14)12-9-10-4-5-11-9/h2,4-5,7H,1,3,6H2,(H2,10,11,12). The quantitative estimate of drug-likeness (QED) is 0.695. The van der Waals surface area contributed by atoms with E-state index < -0.39 is 0 Å². The molecule has 14 heavy (non-hydrogen) atoms. The van der Waals surface area contributed by atoms with E-state index in [0.29, 0.717) is 12.5 Å². The van der Waals surface area contributed by atoms with Gasteiger partial charge in [-0.2, -0.15) is 0 Å². The summed E-state index contributed by atoms with van der Waals surface area (Å²) in [6.07, 6.45) is 5.84. The number of hydrogen-bond donors (Lipinski definition) is 2. The predicted molar refractivity (Wildman–Crippen MR) is 52.2 cm³/mol. The van der Waals surface area contributed by atoms with Crippen LogP contribution in [0.25, 0.3) is 0 Å². The maximum atomic E-state index is 11.6. The minimum Gasteiger partial charge on any atom is -0.330 e. The first-order valence-electron chi connectivity index (χ1n) is 4.51. The van der Waals surface area contributed by atoms with Gasteiger partial charge < -0.3 is 4.98 Å². The first kappa shape index (κ1) is 8.80. The van der Waals surface area contributed by atoms with E-state index in [-0.39, 0.29) is 11.8 Å². The molecule has 1 aliphatic heterocycles. The van der Waals surface area contributed by atoms with E-state index in [1.54, 1.807) is 23.5 Å². The topological polar surface area (TPSA) is 61.0 Å². The van der Waals surface area contributed by atoms with Crippen molar-refractivity contribution in [2.24, 2.45) is 5.92 Å². The summed E-state index contributed by atoms with van der Waals surface area (Å²) < 4.78 is 0. The van der Waals surface area contributed by atoms with E-state index in [4.69, 9.17) is 0 Å². The van der Waals surface area contributed by atoms with E-state index in [9.17, 15) is 4.79 Å². The second-order valence-corrected chi connectivity index (χ2v) is 3.17. The smallest absolute Gasteiger partial charge is 0.247 e. The maximum absolute atomic E-state index is 11.6. The number of aromatic nitrogens is 2. The number of aromatic amines is 1. The fraction of sp³-hybridized carbons (Fsp3) is 0.333. The number of nitrogens with one attached hydrogen (secondary N) is 2. The van der Waals surface area contributed by atoms with E-state index in [1.165, 1.54) is 0 Å². The highest BCUT2D eigenvalue weighted by Gasteiger charge is 2.29. The Morgan fingerprint density at radius 2 is 2.64 bits per heavy atom. The second kappa shape index (κ2) is 3.53. The molecule has 0 saturated carbocycles. The van der Waals surface area contributed by atoms with Crippen LogP contribution in [0.1, 0.15) is 6.42 Å². The zero-order chi connectivity index (χ0) is 9.97. The molecule has 2 rings (SSSR count). The molecule has 0 bridgehead atoms. The van der Waals surface area contributed by atoms with Crippen molar-refractivity contribution in [3.63, 3.8) is 0 Å². The van der Waals surface area contributed by atoms with Crippen molar-refractivity contribution in [3.8, 4) is 0 Å². The molecular weight excluding hydrogens is 180 g/mol. The molecule has 1 aliphatic rings. The van der Waals surface area contributed by atoms with Gasteiger partial charge in [-0.3, -0.25) is 15.2 Å². The minimum atomic E-state index is -0.0579. The first-order valence-corrected chi connectivity index (χ1v) is 4.51. The Bertz CT molecular complexity index is 333. The first-order chi connectivity index (χ1) is 6.81. The van der Waals surface area contributed by atoms with E-state index in [2.05, 4.69) is 22.0 Å². The van der Waals surface area contributed by atoms with Crippen LogP contribution in [0.15, 0.2) is 25.0 Å². The summed E-state index contributed by atoms with van der Waals surface area (Å²) in [5, 5.41) is 1.56. The predicted octanol–water partition coefficient (Wildman–Crippen LogP) is 0.771. The van der Waals surface area contributed by atoms with Gasteiger partial charge >= 0.3 is 0 Å². The van der Waals surface area contributed by atoms with Crippen LogP contribution in [0.5, 0.6) is 0 Å². The number of rotatable bonds is 3. The summed E-state index contributed by atoms with van der Waals surface area (Å²) in [5.41, 5.74) is 2.90. The molecule has 1 unspecified atom stereocenters. The summed E-state index contributed by atoms with van der Waals surface area (Å²) in [4.78, 5) is 18.5. The summed E-state index contributed by atoms with van der Waals surface area (Å²) >= 11 is 0. The Hall–Kier alpha value is -1.78. The van der Waals surface area contributed by atoms with Crippen molar-refractivity contribution in [1.82, 2.24) is 15.0 Å². The van der Waals surface area contributed by atoms with E-state index in [0.717, 1.165) is 6.42 Å². The molecule has 1 saturated heterocycles. The van der Waals surface area contributed by atoms with Gasteiger partial charge in [0.05, 0.1) is 5.92 Å². The van der Waals surface area contributed by atoms with Gasteiger partial charge in [-0.05, 0) is 6.42 Å². The highest BCUT2D eigenvalue weighted by Crippen LogP contribution is 2.18. The maximum Gasteiger partial charge on any atom is 0.247 e. The highest BCUT2D eigenvalue weighted by molar-refractivity contribution is 5.83. The van der Waals surface area contributed by atoms with Crippen molar-refractivity contribution in [2.45, 2.75) is 6.42 Å². The Balaban J connectivity index is 2.01. The van der Waals surface area contributed by atoms with E-state index >= 15 is 0 Å². The SMILES string of the molecule is C=CC1CCN(Nc2ncc[nH]2)C1=O. The molecule has 1 atom stereocenters. The Morgan fingerprint density at radius 1 is 1.79 bits per heavy atom. The summed E-state index contributed by atoms with van der Waals surface area (Å²) in [6, 6.07) is 0. The summed E-state index contributed by atoms with van der Waals surface area (Å²) in [5.74, 6) is 0.580. The minimum absolute atomic E-state index is 0.0522. The Kier molecular flexibility index (Phi) is 2.22. The number of hydrogen-bond acceptors (Lipinski definition) is 3. The lowest BCUT2D eigenvalue weighted by Crippen LogP contribution is -2.33. The lowest BCUT2D eigenvalue weighted by Gasteiger charge is -2.16. The number of carbonyl (C=O) groups is 1. The number of imidazole rings is 1. The summed E-state index contributed by atoms with van der Waals surface area (Å²) in [7, 11) is 0. The molecule has 0 spiro atoms. The normalized spacial score (nSPS) is 21.3. The molecule has 0 aromatic carbocycles. The van der Waals surface area contributed by atoms with Crippen molar-refractivity contribution in [1.29, 1.82) is 0 Å². The molecule has 5 heteroatoms. The van der Waals surface area contributed by atoms with Crippen LogP contribution in [-0.4, -0.2) is 27.4 Å². The third kappa shape index (κ3) is 1.48. The molecule has 1 aromatic rings. The van der Waals surface area contributed by atoms with Crippen LogP contribution in [0.4, 0.5) is 5.95 Å². The largest absolute Gasteiger partial charge is 0.330 e. The molecule has 1 fully saturated rings. The second-order valence-electron chi connectivity index (χ2n) is 3.17. The summed E-state index contributed by atoms with van der Waals surface area (Å²) in [6.45, 7) is 4.32. The van der Waals surface area contributed by atoms with E-state index in [1.807, 2.05) is 0 Å².